The summed E-state index contributed by atoms with van der Waals surface area (Å²) in [5, 5.41) is 12.4. The van der Waals surface area contributed by atoms with Gasteiger partial charge in [0.15, 0.2) is 6.54 Å². The van der Waals surface area contributed by atoms with Gasteiger partial charge in [0.25, 0.3) is 5.91 Å². The molecule has 0 aliphatic carbocycles. The Morgan fingerprint density at radius 2 is 2.00 bits per heavy atom. The molecule has 19 heavy (non-hydrogen) atoms. The number of nitrogens with zero attached hydrogens (tertiary/aromatic N) is 2. The third-order valence-corrected chi connectivity index (χ3v) is 3.75. The molecule has 2 rings (SSSR count). The van der Waals surface area contributed by atoms with Gasteiger partial charge in [0, 0.05) is 13.1 Å². The average Bonchev–Trinajstić information content (AvgIpc) is 2.36. The maximum atomic E-state index is 12.1. The van der Waals surface area contributed by atoms with Gasteiger partial charge in [-0.3, -0.25) is 9.69 Å². The van der Waals surface area contributed by atoms with E-state index >= 15 is 0 Å². The first-order valence-corrected chi connectivity index (χ1v) is 6.58. The van der Waals surface area contributed by atoms with Crippen LogP contribution in [0.1, 0.15) is 0 Å². The first kappa shape index (κ1) is 13.8. The largest absolute Gasteiger partial charge is 0.506 e. The molecule has 1 aliphatic rings. The van der Waals surface area contributed by atoms with Crippen molar-refractivity contribution in [2.75, 3.05) is 52.1 Å². The van der Waals surface area contributed by atoms with Crippen LogP contribution >= 0.6 is 0 Å². The number of carbonyl (C=O) groups excluding carboxylic acids is 1. The summed E-state index contributed by atoms with van der Waals surface area (Å²) in [6.45, 7) is 4.43. The third kappa shape index (κ3) is 3.68. The number of para-hydroxylation sites is 2. The maximum Gasteiger partial charge on any atom is 0.279 e. The number of nitrogens with one attached hydrogen (secondary N) is 1. The normalized spacial score (nSPS) is 19.1. The van der Waals surface area contributed by atoms with Crippen LogP contribution in [0.25, 0.3) is 0 Å². The first-order valence-electron chi connectivity index (χ1n) is 6.58. The zero-order valence-corrected chi connectivity index (χ0v) is 11.6. The number of quaternary nitrogens is 1. The van der Waals surface area contributed by atoms with Crippen LogP contribution in [0.5, 0.6) is 5.75 Å². The molecule has 1 amide bonds. The molecule has 0 bridgehead atoms. The van der Waals surface area contributed by atoms with Crippen molar-refractivity contribution in [3.63, 3.8) is 0 Å². The number of benzene rings is 1. The molecule has 1 aromatic rings. The molecule has 0 radical (unpaired) electrons. The topological polar surface area (TPSA) is 52.6 Å². The van der Waals surface area contributed by atoms with E-state index < -0.39 is 0 Å². The van der Waals surface area contributed by atoms with E-state index in [-0.39, 0.29) is 11.7 Å². The molecule has 0 saturated carbocycles. The summed E-state index contributed by atoms with van der Waals surface area (Å²) in [5.74, 6) is 0.0606. The Labute approximate surface area is 114 Å². The number of hydrogen-bond donors (Lipinski definition) is 2. The molecule has 1 aliphatic heterocycles. The number of phenolic OH excluding ortho intramolecular Hbond substituents is 1. The van der Waals surface area contributed by atoms with Gasteiger partial charge in [-0.15, -0.1) is 0 Å². The highest BCUT2D eigenvalue weighted by atomic mass is 16.3. The fourth-order valence-corrected chi connectivity index (χ4v) is 2.32. The molecule has 0 atom stereocenters. The lowest BCUT2D eigenvalue weighted by atomic mass is 10.2. The quantitative estimate of drug-likeness (QED) is 0.625. The highest BCUT2D eigenvalue weighted by Crippen LogP contribution is 2.21. The van der Waals surface area contributed by atoms with Crippen molar-refractivity contribution in [1.82, 2.24) is 4.90 Å². The van der Waals surface area contributed by atoms with Gasteiger partial charge in [-0.1, -0.05) is 12.1 Å². The van der Waals surface area contributed by atoms with E-state index in [1.54, 1.807) is 24.3 Å². The summed E-state index contributed by atoms with van der Waals surface area (Å²) >= 11 is 0. The molecular formula is C14H22N3O2+. The molecule has 1 saturated heterocycles. The SMILES string of the molecule is CN1CC[N+](C)(CC(=O)Nc2ccccc2O)CC1. The standard InChI is InChI=1S/C14H21N3O2/c1-16-7-9-17(2,10-8-16)11-14(19)15-12-5-3-4-6-13(12)18/h3-6H,7-11H2,1-2H3,(H-,15,18,19)/p+1. The lowest BCUT2D eigenvalue weighted by Gasteiger charge is -2.40. The second-order valence-corrected chi connectivity index (χ2v) is 5.59. The number of hydrogen-bond acceptors (Lipinski definition) is 3. The van der Waals surface area contributed by atoms with Crippen LogP contribution in [0.2, 0.25) is 0 Å². The summed E-state index contributed by atoms with van der Waals surface area (Å²) in [5.41, 5.74) is 0.480. The zero-order valence-electron chi connectivity index (χ0n) is 11.6. The van der Waals surface area contributed by atoms with Crippen LogP contribution in [-0.2, 0) is 4.79 Å². The van der Waals surface area contributed by atoms with E-state index in [1.165, 1.54) is 0 Å². The predicted octanol–water partition coefficient (Wildman–Crippen LogP) is 0.723. The van der Waals surface area contributed by atoms with Crippen molar-refractivity contribution in [2.45, 2.75) is 0 Å². The molecule has 2 N–H and O–H groups in total. The molecule has 0 unspecified atom stereocenters. The Kier molecular flexibility index (Phi) is 4.07. The minimum absolute atomic E-state index is 0.0476. The Balaban J connectivity index is 1.93. The van der Waals surface area contributed by atoms with Gasteiger partial charge in [0.2, 0.25) is 0 Å². The number of phenols is 1. The molecule has 1 heterocycles. The Morgan fingerprint density at radius 3 is 2.63 bits per heavy atom. The molecule has 1 aromatic carbocycles. The van der Waals surface area contributed by atoms with E-state index in [2.05, 4.69) is 24.3 Å². The van der Waals surface area contributed by atoms with E-state index in [9.17, 15) is 9.90 Å². The lowest BCUT2D eigenvalue weighted by Crippen LogP contribution is -2.58. The summed E-state index contributed by atoms with van der Waals surface area (Å²) in [4.78, 5) is 14.3. The minimum Gasteiger partial charge on any atom is -0.506 e. The summed E-state index contributed by atoms with van der Waals surface area (Å²) in [7, 11) is 4.21. The van der Waals surface area contributed by atoms with Gasteiger partial charge in [-0.25, -0.2) is 0 Å². The Hall–Kier alpha value is -1.59. The molecule has 1 fully saturated rings. The zero-order chi connectivity index (χ0) is 13.9. The van der Waals surface area contributed by atoms with Gasteiger partial charge < -0.3 is 14.9 Å². The molecule has 5 nitrogen and oxygen atoms in total. The fourth-order valence-electron chi connectivity index (χ4n) is 2.32. The van der Waals surface area contributed by atoms with Crippen molar-refractivity contribution in [2.24, 2.45) is 0 Å². The van der Waals surface area contributed by atoms with E-state index in [4.69, 9.17) is 0 Å². The van der Waals surface area contributed by atoms with Crippen LogP contribution in [0, 0.1) is 0 Å². The van der Waals surface area contributed by atoms with Gasteiger partial charge in [0.1, 0.15) is 5.75 Å². The second-order valence-electron chi connectivity index (χ2n) is 5.59. The number of aromatic hydroxyl groups is 1. The van der Waals surface area contributed by atoms with Gasteiger partial charge in [0.05, 0.1) is 25.8 Å². The van der Waals surface area contributed by atoms with Crippen molar-refractivity contribution < 1.29 is 14.4 Å². The summed E-state index contributed by atoms with van der Waals surface area (Å²) in [6.07, 6.45) is 0. The van der Waals surface area contributed by atoms with E-state index in [0.717, 1.165) is 30.7 Å². The maximum absolute atomic E-state index is 12.1. The van der Waals surface area contributed by atoms with Crippen molar-refractivity contribution >= 4 is 11.6 Å². The fraction of sp³-hybridized carbons (Fsp3) is 0.500. The van der Waals surface area contributed by atoms with Gasteiger partial charge >= 0.3 is 0 Å². The minimum atomic E-state index is -0.0476. The number of likely N-dealkylation sites (N-methyl/N-ethyl adjacent to an activating group) is 2. The Bertz CT molecular complexity index is 454. The first-order chi connectivity index (χ1) is 8.98. The molecule has 0 spiro atoms. The predicted molar refractivity (Wildman–Crippen MR) is 75.0 cm³/mol. The van der Waals surface area contributed by atoms with Gasteiger partial charge in [-0.2, -0.15) is 0 Å². The molecule has 0 aromatic heterocycles. The molecular weight excluding hydrogens is 242 g/mol. The van der Waals surface area contributed by atoms with Crippen LogP contribution in [0.3, 0.4) is 0 Å². The number of amides is 1. The van der Waals surface area contributed by atoms with Crippen molar-refractivity contribution in [3.05, 3.63) is 24.3 Å². The third-order valence-electron chi connectivity index (χ3n) is 3.75. The second kappa shape index (κ2) is 5.59. The number of piperazine rings is 1. The number of carbonyl (C=O) groups is 1. The lowest BCUT2D eigenvalue weighted by molar-refractivity contribution is -0.905. The van der Waals surface area contributed by atoms with E-state index in [1.807, 2.05) is 0 Å². The molecule has 104 valence electrons. The van der Waals surface area contributed by atoms with Crippen LogP contribution in [0.4, 0.5) is 5.69 Å². The van der Waals surface area contributed by atoms with Crippen LogP contribution < -0.4 is 5.32 Å². The molecule has 5 heteroatoms. The number of rotatable bonds is 3. The highest BCUT2D eigenvalue weighted by Gasteiger charge is 2.29. The van der Waals surface area contributed by atoms with Crippen molar-refractivity contribution in [1.29, 1.82) is 0 Å². The Morgan fingerprint density at radius 1 is 1.37 bits per heavy atom. The van der Waals surface area contributed by atoms with Crippen molar-refractivity contribution in [3.8, 4) is 5.75 Å². The summed E-state index contributed by atoms with van der Waals surface area (Å²) in [6, 6.07) is 6.81. The monoisotopic (exact) mass is 264 g/mol. The van der Waals surface area contributed by atoms with Crippen LogP contribution in [0.15, 0.2) is 24.3 Å². The smallest absolute Gasteiger partial charge is 0.279 e. The highest BCUT2D eigenvalue weighted by molar-refractivity contribution is 5.93. The van der Waals surface area contributed by atoms with Gasteiger partial charge in [-0.05, 0) is 19.2 Å². The van der Waals surface area contributed by atoms with E-state index in [0.29, 0.717) is 12.2 Å². The average molecular weight is 264 g/mol. The number of anilines is 1. The summed E-state index contributed by atoms with van der Waals surface area (Å²) < 4.78 is 0.754. The van der Waals surface area contributed by atoms with Crippen LogP contribution in [-0.4, -0.2) is 67.2 Å².